The summed E-state index contributed by atoms with van der Waals surface area (Å²) in [5.74, 6) is -0.506. The van der Waals surface area contributed by atoms with Crippen LogP contribution in [0.1, 0.15) is 395 Å². The molecule has 0 saturated carbocycles. The first-order valence-electron chi connectivity index (χ1n) is 39.5. The van der Waals surface area contributed by atoms with Gasteiger partial charge in [0, 0.05) is 25.7 Å². The van der Waals surface area contributed by atoms with Crippen LogP contribution in [0.3, 0.4) is 0 Å². The molecule has 0 amide bonds. The van der Waals surface area contributed by atoms with E-state index in [0.29, 0.717) is 25.7 Å². The Labute approximate surface area is 581 Å². The highest BCUT2D eigenvalue weighted by atomic mass is 31.2. The van der Waals surface area contributed by atoms with Crippen molar-refractivity contribution in [3.63, 3.8) is 0 Å². The molecule has 0 aromatic heterocycles. The van der Waals surface area contributed by atoms with E-state index >= 15 is 0 Å². The number of ether oxygens (including phenoxy) is 4. The van der Waals surface area contributed by atoms with Crippen LogP contribution >= 0.6 is 15.6 Å². The molecule has 0 saturated heterocycles. The zero-order valence-electron chi connectivity index (χ0n) is 62.0. The lowest BCUT2D eigenvalue weighted by atomic mass is 9.99. The van der Waals surface area contributed by atoms with Crippen LogP contribution in [0.25, 0.3) is 0 Å². The van der Waals surface area contributed by atoms with Gasteiger partial charge in [-0.15, -0.1) is 0 Å². The van der Waals surface area contributed by atoms with Gasteiger partial charge >= 0.3 is 39.5 Å². The molecular weight excluding hydrogens is 1250 g/mol. The van der Waals surface area contributed by atoms with Crippen LogP contribution in [0.5, 0.6) is 0 Å². The van der Waals surface area contributed by atoms with Crippen LogP contribution < -0.4 is 0 Å². The molecule has 3 N–H and O–H groups in total. The van der Waals surface area contributed by atoms with Crippen molar-refractivity contribution in [1.82, 2.24) is 0 Å². The number of phosphoric acid groups is 2. The van der Waals surface area contributed by atoms with Crippen molar-refractivity contribution in [2.24, 2.45) is 11.8 Å². The molecule has 0 heterocycles. The van der Waals surface area contributed by atoms with Crippen molar-refractivity contribution in [1.29, 1.82) is 0 Å². The SMILES string of the molecule is CCCCCCCCCCCCCCCCCC(=O)OC[C@H](COP(=O)(O)OC[C@@H](O)COP(=O)(O)OC[C@@H](COC(=O)CCCCCCCCC)OC(=O)CCCCCCCCCCCCC(C)CC)OC(=O)CCCCCCCCCCCCCCCCCCC(C)C. The summed E-state index contributed by atoms with van der Waals surface area (Å²) in [6.45, 7) is 9.61. The summed E-state index contributed by atoms with van der Waals surface area (Å²) in [4.78, 5) is 72.7. The van der Waals surface area contributed by atoms with Gasteiger partial charge in [-0.05, 0) is 37.5 Å². The lowest BCUT2D eigenvalue weighted by Crippen LogP contribution is -2.30. The van der Waals surface area contributed by atoms with E-state index in [2.05, 4.69) is 41.5 Å². The maximum atomic E-state index is 13.1. The minimum atomic E-state index is -4.96. The summed E-state index contributed by atoms with van der Waals surface area (Å²) in [6, 6.07) is 0. The molecule has 0 aromatic rings. The van der Waals surface area contributed by atoms with E-state index in [4.69, 9.17) is 37.0 Å². The maximum Gasteiger partial charge on any atom is 0.472 e. The molecule has 0 spiro atoms. The number of aliphatic hydroxyl groups is 1. The summed E-state index contributed by atoms with van der Waals surface area (Å²) in [6.07, 6.45) is 55.5. The predicted molar refractivity (Wildman–Crippen MR) is 386 cm³/mol. The van der Waals surface area contributed by atoms with Crippen molar-refractivity contribution in [2.45, 2.75) is 413 Å². The second-order valence-electron chi connectivity index (χ2n) is 28.1. The molecule has 0 aromatic carbocycles. The van der Waals surface area contributed by atoms with E-state index in [0.717, 1.165) is 115 Å². The molecule has 95 heavy (non-hydrogen) atoms. The first-order valence-corrected chi connectivity index (χ1v) is 42.5. The molecule has 0 aliphatic rings. The van der Waals surface area contributed by atoms with Crippen molar-refractivity contribution in [3.05, 3.63) is 0 Å². The summed E-state index contributed by atoms with van der Waals surface area (Å²) >= 11 is 0. The van der Waals surface area contributed by atoms with E-state index in [1.54, 1.807) is 0 Å². The Balaban J connectivity index is 5.19. The van der Waals surface area contributed by atoms with Crippen LogP contribution in [0.2, 0.25) is 0 Å². The molecule has 564 valence electrons. The van der Waals surface area contributed by atoms with Crippen LogP contribution in [-0.2, 0) is 65.4 Å². The number of hydrogen-bond acceptors (Lipinski definition) is 15. The Hall–Kier alpha value is -1.94. The molecule has 0 bridgehead atoms. The Bertz CT molecular complexity index is 1840. The van der Waals surface area contributed by atoms with Gasteiger partial charge in [-0.1, -0.05) is 343 Å². The van der Waals surface area contributed by atoms with Gasteiger partial charge < -0.3 is 33.8 Å². The molecular formula is C76H148O17P2. The molecule has 17 nitrogen and oxygen atoms in total. The Morgan fingerprint density at radius 3 is 0.800 bits per heavy atom. The number of unbranched alkanes of at least 4 members (excludes halogenated alkanes) is 44. The largest absolute Gasteiger partial charge is 0.472 e. The van der Waals surface area contributed by atoms with Crippen LogP contribution in [0.4, 0.5) is 0 Å². The normalized spacial score (nSPS) is 14.3. The quantitative estimate of drug-likeness (QED) is 0.0222. The second-order valence-corrected chi connectivity index (χ2v) is 31.0. The summed E-state index contributed by atoms with van der Waals surface area (Å²) in [7, 11) is -9.91. The smallest absolute Gasteiger partial charge is 0.462 e. The highest BCUT2D eigenvalue weighted by Crippen LogP contribution is 2.45. The fourth-order valence-corrected chi connectivity index (χ4v) is 13.2. The predicted octanol–water partition coefficient (Wildman–Crippen LogP) is 22.3. The van der Waals surface area contributed by atoms with Crippen LogP contribution in [0.15, 0.2) is 0 Å². The van der Waals surface area contributed by atoms with E-state index in [1.165, 1.54) is 199 Å². The maximum absolute atomic E-state index is 13.1. The zero-order valence-corrected chi connectivity index (χ0v) is 63.8. The lowest BCUT2D eigenvalue weighted by Gasteiger charge is -2.21. The average molecular weight is 1400 g/mol. The first-order chi connectivity index (χ1) is 45.9. The third-order valence-electron chi connectivity index (χ3n) is 18.1. The number of phosphoric ester groups is 2. The number of hydrogen-bond donors (Lipinski definition) is 3. The zero-order chi connectivity index (χ0) is 70.0. The van der Waals surface area contributed by atoms with Crippen molar-refractivity contribution in [2.75, 3.05) is 39.6 Å². The van der Waals surface area contributed by atoms with Gasteiger partial charge in [-0.3, -0.25) is 37.3 Å². The molecule has 0 aliphatic heterocycles. The van der Waals surface area contributed by atoms with Crippen molar-refractivity contribution >= 4 is 39.5 Å². The average Bonchev–Trinajstić information content (AvgIpc) is 2.32. The minimum absolute atomic E-state index is 0.106. The molecule has 0 aliphatic carbocycles. The Morgan fingerprint density at radius 2 is 0.537 bits per heavy atom. The lowest BCUT2D eigenvalue weighted by molar-refractivity contribution is -0.161. The monoisotopic (exact) mass is 1400 g/mol. The highest BCUT2D eigenvalue weighted by molar-refractivity contribution is 7.47. The van der Waals surface area contributed by atoms with Crippen LogP contribution in [-0.4, -0.2) is 96.7 Å². The van der Waals surface area contributed by atoms with Gasteiger partial charge in [-0.25, -0.2) is 9.13 Å². The van der Waals surface area contributed by atoms with E-state index < -0.39 is 97.5 Å². The third kappa shape index (κ3) is 69.0. The van der Waals surface area contributed by atoms with Gasteiger partial charge in [0.15, 0.2) is 12.2 Å². The van der Waals surface area contributed by atoms with Gasteiger partial charge in [0.05, 0.1) is 26.4 Å². The number of carbonyl (C=O) groups excluding carboxylic acids is 4. The molecule has 0 rings (SSSR count). The summed E-state index contributed by atoms with van der Waals surface area (Å²) < 4.78 is 68.4. The van der Waals surface area contributed by atoms with Crippen LogP contribution in [0, 0.1) is 11.8 Å². The minimum Gasteiger partial charge on any atom is -0.462 e. The summed E-state index contributed by atoms with van der Waals surface area (Å²) in [5, 5.41) is 10.6. The molecule has 0 radical (unpaired) electrons. The van der Waals surface area contributed by atoms with Gasteiger partial charge in [0.25, 0.3) is 0 Å². The fraction of sp³-hybridized carbons (Fsp3) is 0.947. The number of carbonyl (C=O) groups is 4. The molecule has 19 heteroatoms. The van der Waals surface area contributed by atoms with E-state index in [1.807, 2.05) is 0 Å². The highest BCUT2D eigenvalue weighted by Gasteiger charge is 2.30. The third-order valence-corrected chi connectivity index (χ3v) is 20.0. The Morgan fingerprint density at radius 1 is 0.305 bits per heavy atom. The first kappa shape index (κ1) is 93.1. The van der Waals surface area contributed by atoms with E-state index in [9.17, 15) is 43.2 Å². The number of aliphatic hydroxyl groups excluding tert-OH is 1. The van der Waals surface area contributed by atoms with Crippen molar-refractivity contribution in [3.8, 4) is 0 Å². The molecule has 0 fully saturated rings. The Kier molecular flexibility index (Phi) is 66.5. The topological polar surface area (TPSA) is 237 Å². The number of rotatable bonds is 75. The number of esters is 4. The standard InChI is InChI=1S/C76H148O17P2/c1-7-10-12-14-16-17-18-19-22-26-29-35-41-47-53-59-74(79)87-65-72(93-75(80)60-54-48-42-36-30-27-24-21-20-23-25-28-33-39-44-50-56-68(4)5)67-91-95(84,85)89-63-70(77)62-88-94(82,83)90-66-71(64-86-73(78)58-52-46-38-15-13-11-8-2)92-76(81)61-55-49-43-37-32-31-34-40-45-51-57-69(6)9-3/h68-72,77H,7-67H2,1-6H3,(H,82,83)(H,84,85)/t69?,70-,71+,72+/m0/s1. The second kappa shape index (κ2) is 67.9. The van der Waals surface area contributed by atoms with Gasteiger partial charge in [-0.2, -0.15) is 0 Å². The van der Waals surface area contributed by atoms with Crippen molar-refractivity contribution < 1.29 is 80.2 Å². The molecule has 6 atom stereocenters. The summed E-state index contributed by atoms with van der Waals surface area (Å²) in [5.41, 5.74) is 0. The fourth-order valence-electron chi connectivity index (χ4n) is 11.6. The van der Waals surface area contributed by atoms with E-state index in [-0.39, 0.29) is 25.7 Å². The molecule has 3 unspecified atom stereocenters. The van der Waals surface area contributed by atoms with Gasteiger partial charge in [0.2, 0.25) is 0 Å². The van der Waals surface area contributed by atoms with Gasteiger partial charge in [0.1, 0.15) is 19.3 Å².